The van der Waals surface area contributed by atoms with Crippen LogP contribution >= 0.6 is 0 Å². The molecular weight excluding hydrogens is 449 g/mol. The lowest BCUT2D eigenvalue weighted by Crippen LogP contribution is -2.25. The standard InChI is InChI=1S/C26H26FN5O3/c1-15-8-6-10-19(29-15)14-35-23-16(2)24(33)32(17(3)30-23)20-11-7-9-18(12-20)22-21(27)13-28-25(31-22)26(4,5)34/h6-13,34H,14H2,1-5H3. The first-order chi connectivity index (χ1) is 16.5. The highest BCUT2D eigenvalue weighted by Gasteiger charge is 2.22. The molecule has 35 heavy (non-hydrogen) atoms. The van der Waals surface area contributed by atoms with Gasteiger partial charge in [-0.15, -0.1) is 0 Å². The molecule has 0 spiro atoms. The first-order valence-electron chi connectivity index (χ1n) is 11.1. The Morgan fingerprint density at radius 3 is 2.51 bits per heavy atom. The van der Waals surface area contributed by atoms with Crippen molar-refractivity contribution in [3.05, 3.63) is 93.4 Å². The van der Waals surface area contributed by atoms with Gasteiger partial charge in [-0.25, -0.2) is 14.4 Å². The Morgan fingerprint density at radius 1 is 1.06 bits per heavy atom. The van der Waals surface area contributed by atoms with Gasteiger partial charge in [0, 0.05) is 11.3 Å². The fraction of sp³-hybridized carbons (Fsp3) is 0.269. The highest BCUT2D eigenvalue weighted by molar-refractivity contribution is 5.63. The van der Waals surface area contributed by atoms with Gasteiger partial charge in [-0.2, -0.15) is 4.98 Å². The number of halogens is 1. The van der Waals surface area contributed by atoms with Crippen LogP contribution < -0.4 is 10.3 Å². The van der Waals surface area contributed by atoms with Gasteiger partial charge in [-0.3, -0.25) is 14.3 Å². The Kier molecular flexibility index (Phi) is 6.45. The molecule has 1 aromatic carbocycles. The normalized spacial score (nSPS) is 11.5. The summed E-state index contributed by atoms with van der Waals surface area (Å²) in [6.45, 7) is 8.47. The van der Waals surface area contributed by atoms with Crippen molar-refractivity contribution in [2.75, 3.05) is 0 Å². The average molecular weight is 476 g/mol. The summed E-state index contributed by atoms with van der Waals surface area (Å²) in [5.41, 5.74) is 1.26. The molecule has 4 aromatic rings. The molecule has 8 nitrogen and oxygen atoms in total. The van der Waals surface area contributed by atoms with Crippen molar-refractivity contribution in [1.82, 2.24) is 24.5 Å². The summed E-state index contributed by atoms with van der Waals surface area (Å²) in [7, 11) is 0. The molecule has 0 radical (unpaired) electrons. The van der Waals surface area contributed by atoms with Crippen molar-refractivity contribution in [3.8, 4) is 22.8 Å². The van der Waals surface area contributed by atoms with Gasteiger partial charge in [0.1, 0.15) is 23.7 Å². The van der Waals surface area contributed by atoms with Crippen LogP contribution in [-0.4, -0.2) is 29.6 Å². The van der Waals surface area contributed by atoms with E-state index in [2.05, 4.69) is 19.9 Å². The smallest absolute Gasteiger partial charge is 0.264 e. The number of aliphatic hydroxyl groups is 1. The van der Waals surface area contributed by atoms with Crippen molar-refractivity contribution < 1.29 is 14.2 Å². The molecule has 9 heteroatoms. The lowest BCUT2D eigenvalue weighted by Gasteiger charge is -2.17. The second kappa shape index (κ2) is 9.34. The van der Waals surface area contributed by atoms with Crippen LogP contribution in [0.3, 0.4) is 0 Å². The summed E-state index contributed by atoms with van der Waals surface area (Å²) in [6, 6.07) is 12.4. The monoisotopic (exact) mass is 475 g/mol. The number of pyridine rings is 1. The van der Waals surface area contributed by atoms with Crippen LogP contribution in [0.2, 0.25) is 0 Å². The van der Waals surface area contributed by atoms with Gasteiger partial charge in [0.05, 0.1) is 23.1 Å². The molecule has 0 aliphatic rings. The van der Waals surface area contributed by atoms with Crippen LogP contribution in [0.1, 0.15) is 42.4 Å². The molecule has 3 heterocycles. The van der Waals surface area contributed by atoms with E-state index in [1.807, 2.05) is 25.1 Å². The zero-order chi connectivity index (χ0) is 25.3. The zero-order valence-corrected chi connectivity index (χ0v) is 20.2. The van der Waals surface area contributed by atoms with E-state index in [0.29, 0.717) is 22.6 Å². The summed E-state index contributed by atoms with van der Waals surface area (Å²) in [5, 5.41) is 10.2. The van der Waals surface area contributed by atoms with Crippen LogP contribution in [-0.2, 0) is 12.2 Å². The van der Waals surface area contributed by atoms with Gasteiger partial charge in [-0.1, -0.05) is 18.2 Å². The fourth-order valence-electron chi connectivity index (χ4n) is 3.61. The molecule has 0 saturated heterocycles. The van der Waals surface area contributed by atoms with Crippen molar-refractivity contribution in [1.29, 1.82) is 0 Å². The number of benzene rings is 1. The van der Waals surface area contributed by atoms with Crippen molar-refractivity contribution in [2.45, 2.75) is 46.8 Å². The topological polar surface area (TPSA) is 103 Å². The maximum atomic E-state index is 14.6. The molecule has 1 N–H and O–H groups in total. The summed E-state index contributed by atoms with van der Waals surface area (Å²) in [5.74, 6) is 0.0990. The Hall–Kier alpha value is -3.98. The van der Waals surface area contributed by atoms with E-state index in [-0.39, 0.29) is 29.6 Å². The number of nitrogens with zero attached hydrogens (tertiary/aromatic N) is 5. The fourth-order valence-corrected chi connectivity index (χ4v) is 3.61. The number of rotatable bonds is 6. The van der Waals surface area contributed by atoms with Gasteiger partial charge in [0.2, 0.25) is 5.88 Å². The van der Waals surface area contributed by atoms with E-state index in [4.69, 9.17) is 4.74 Å². The molecule has 0 aliphatic carbocycles. The number of ether oxygens (including phenoxy) is 1. The average Bonchev–Trinajstić information content (AvgIpc) is 2.80. The first kappa shape index (κ1) is 24.2. The number of aromatic nitrogens is 5. The molecule has 0 saturated carbocycles. The molecule has 0 bridgehead atoms. The molecular formula is C26H26FN5O3. The lowest BCUT2D eigenvalue weighted by atomic mass is 10.1. The number of hydrogen-bond donors (Lipinski definition) is 1. The van der Waals surface area contributed by atoms with E-state index in [1.165, 1.54) is 18.4 Å². The molecule has 0 atom stereocenters. The minimum atomic E-state index is -1.33. The van der Waals surface area contributed by atoms with Gasteiger partial charge in [0.25, 0.3) is 5.56 Å². The van der Waals surface area contributed by atoms with Gasteiger partial charge >= 0.3 is 0 Å². The van der Waals surface area contributed by atoms with E-state index in [9.17, 15) is 14.3 Å². The van der Waals surface area contributed by atoms with Gasteiger partial charge in [0.15, 0.2) is 11.6 Å². The summed E-state index contributed by atoms with van der Waals surface area (Å²) in [4.78, 5) is 30.3. The Labute approximate surface area is 202 Å². The van der Waals surface area contributed by atoms with Gasteiger partial charge in [-0.05, 0) is 58.9 Å². The molecule has 0 aliphatic heterocycles. The molecule has 180 valence electrons. The zero-order valence-electron chi connectivity index (χ0n) is 20.2. The Bertz CT molecular complexity index is 1460. The third-order valence-corrected chi connectivity index (χ3v) is 5.40. The minimum Gasteiger partial charge on any atom is -0.471 e. The third-order valence-electron chi connectivity index (χ3n) is 5.40. The molecule has 3 aromatic heterocycles. The van der Waals surface area contributed by atoms with E-state index in [0.717, 1.165) is 17.6 Å². The molecule has 4 rings (SSSR count). The lowest BCUT2D eigenvalue weighted by molar-refractivity contribution is 0.0686. The van der Waals surface area contributed by atoms with Crippen LogP contribution in [0, 0.1) is 26.6 Å². The number of aryl methyl sites for hydroxylation is 2. The SMILES string of the molecule is Cc1cccc(COc2nc(C)n(-c3cccc(-c4nc(C(C)(C)O)ncc4F)c3)c(=O)c2C)n1. The highest BCUT2D eigenvalue weighted by Crippen LogP contribution is 2.26. The largest absolute Gasteiger partial charge is 0.471 e. The van der Waals surface area contributed by atoms with Crippen LogP contribution in [0.5, 0.6) is 5.88 Å². The van der Waals surface area contributed by atoms with Crippen molar-refractivity contribution >= 4 is 0 Å². The highest BCUT2D eigenvalue weighted by atomic mass is 19.1. The second-order valence-electron chi connectivity index (χ2n) is 8.79. The Morgan fingerprint density at radius 2 is 1.80 bits per heavy atom. The molecule has 0 unspecified atom stereocenters. The Balaban J connectivity index is 1.71. The maximum Gasteiger partial charge on any atom is 0.264 e. The van der Waals surface area contributed by atoms with E-state index >= 15 is 0 Å². The van der Waals surface area contributed by atoms with Crippen LogP contribution in [0.4, 0.5) is 4.39 Å². The third kappa shape index (κ3) is 5.09. The van der Waals surface area contributed by atoms with Crippen LogP contribution in [0.15, 0.2) is 53.5 Å². The predicted octanol–water partition coefficient (Wildman–Crippen LogP) is 3.96. The van der Waals surface area contributed by atoms with Crippen molar-refractivity contribution in [2.24, 2.45) is 0 Å². The predicted molar refractivity (Wildman–Crippen MR) is 129 cm³/mol. The first-order valence-corrected chi connectivity index (χ1v) is 11.1. The minimum absolute atomic E-state index is 0.0277. The summed E-state index contributed by atoms with van der Waals surface area (Å²) < 4.78 is 21.8. The molecule has 0 amide bonds. The van der Waals surface area contributed by atoms with Crippen molar-refractivity contribution in [3.63, 3.8) is 0 Å². The second-order valence-corrected chi connectivity index (χ2v) is 8.79. The maximum absolute atomic E-state index is 14.6. The quantitative estimate of drug-likeness (QED) is 0.450. The summed E-state index contributed by atoms with van der Waals surface area (Å²) in [6.07, 6.45) is 1.03. The summed E-state index contributed by atoms with van der Waals surface area (Å²) >= 11 is 0. The van der Waals surface area contributed by atoms with Crippen LogP contribution in [0.25, 0.3) is 16.9 Å². The molecule has 0 fully saturated rings. The van der Waals surface area contributed by atoms with E-state index < -0.39 is 11.4 Å². The number of hydrogen-bond acceptors (Lipinski definition) is 7. The van der Waals surface area contributed by atoms with Gasteiger partial charge < -0.3 is 9.84 Å². The van der Waals surface area contributed by atoms with E-state index in [1.54, 1.807) is 38.1 Å².